The van der Waals surface area contributed by atoms with Crippen LogP contribution in [-0.4, -0.2) is 58.1 Å². The molecule has 0 spiro atoms. The van der Waals surface area contributed by atoms with Gasteiger partial charge < -0.3 is 19.5 Å². The van der Waals surface area contributed by atoms with Crippen LogP contribution in [0.2, 0.25) is 0 Å². The molecule has 0 bridgehead atoms. The maximum absolute atomic E-state index is 12.8. The van der Waals surface area contributed by atoms with Crippen LogP contribution >= 0.6 is 0 Å². The second-order valence-electron chi connectivity index (χ2n) is 7.11. The van der Waals surface area contributed by atoms with E-state index in [1.807, 2.05) is 6.92 Å². The average molecular weight is 449 g/mol. The van der Waals surface area contributed by atoms with Gasteiger partial charge in [-0.3, -0.25) is 4.79 Å². The zero-order valence-corrected chi connectivity index (χ0v) is 18.6. The van der Waals surface area contributed by atoms with Gasteiger partial charge in [-0.05, 0) is 68.3 Å². The molecular weight excluding hydrogens is 420 g/mol. The molecule has 3 rings (SSSR count). The number of sulfonamides is 1. The van der Waals surface area contributed by atoms with Gasteiger partial charge in [-0.15, -0.1) is 0 Å². The maximum atomic E-state index is 12.8. The first-order chi connectivity index (χ1) is 14.9. The van der Waals surface area contributed by atoms with Crippen LogP contribution in [0.5, 0.6) is 17.2 Å². The predicted molar refractivity (Wildman–Crippen MR) is 116 cm³/mol. The molecule has 0 unspecified atom stereocenters. The molecule has 9 heteroatoms. The average Bonchev–Trinajstić information content (AvgIpc) is 2.79. The molecule has 1 aliphatic rings. The standard InChI is InChI=1S/C22H28N2O6S/c1-3-29-19-4-6-20(7-5-19)30-16-22(25)23-17-12-14-24(15-13-17)31(26,27)21-10-8-18(28-2)9-11-21/h4-11,17H,3,12-16H2,1-2H3,(H,23,25). The van der Waals surface area contributed by atoms with Crippen LogP contribution in [0.1, 0.15) is 19.8 Å². The highest BCUT2D eigenvalue weighted by molar-refractivity contribution is 7.89. The van der Waals surface area contributed by atoms with E-state index in [-0.39, 0.29) is 23.5 Å². The first-order valence-corrected chi connectivity index (χ1v) is 11.7. The van der Waals surface area contributed by atoms with Crippen molar-refractivity contribution in [2.24, 2.45) is 0 Å². The van der Waals surface area contributed by atoms with Crippen LogP contribution in [0, 0.1) is 0 Å². The molecule has 1 fully saturated rings. The number of ether oxygens (including phenoxy) is 3. The minimum atomic E-state index is -3.56. The first kappa shape index (κ1) is 22.9. The third-order valence-corrected chi connectivity index (χ3v) is 6.93. The molecule has 0 aliphatic carbocycles. The molecule has 8 nitrogen and oxygen atoms in total. The number of amides is 1. The van der Waals surface area contributed by atoms with Gasteiger partial charge in [0.25, 0.3) is 5.91 Å². The maximum Gasteiger partial charge on any atom is 0.258 e. The Kier molecular flexibility index (Phi) is 7.75. The molecule has 0 atom stereocenters. The zero-order chi connectivity index (χ0) is 22.3. The summed E-state index contributed by atoms with van der Waals surface area (Å²) in [4.78, 5) is 12.4. The quantitative estimate of drug-likeness (QED) is 0.633. The Balaban J connectivity index is 1.45. The summed E-state index contributed by atoms with van der Waals surface area (Å²) in [6, 6.07) is 13.3. The molecule has 1 saturated heterocycles. The largest absolute Gasteiger partial charge is 0.497 e. The number of hydrogen-bond acceptors (Lipinski definition) is 6. The Morgan fingerprint density at radius 2 is 1.52 bits per heavy atom. The molecule has 0 aromatic heterocycles. The highest BCUT2D eigenvalue weighted by atomic mass is 32.2. The minimum Gasteiger partial charge on any atom is -0.497 e. The molecule has 0 radical (unpaired) electrons. The summed E-state index contributed by atoms with van der Waals surface area (Å²) < 4.78 is 43.0. The van der Waals surface area contributed by atoms with E-state index in [4.69, 9.17) is 14.2 Å². The SMILES string of the molecule is CCOc1ccc(OCC(=O)NC2CCN(S(=O)(=O)c3ccc(OC)cc3)CC2)cc1. The van der Waals surface area contributed by atoms with Crippen LogP contribution in [0.3, 0.4) is 0 Å². The fraction of sp³-hybridized carbons (Fsp3) is 0.409. The highest BCUT2D eigenvalue weighted by Crippen LogP contribution is 2.23. The summed E-state index contributed by atoms with van der Waals surface area (Å²) in [6.45, 7) is 3.09. The minimum absolute atomic E-state index is 0.0845. The molecule has 1 amide bonds. The molecule has 2 aromatic carbocycles. The molecule has 1 heterocycles. The van der Waals surface area contributed by atoms with Crippen LogP contribution in [0.25, 0.3) is 0 Å². The number of nitrogens with one attached hydrogen (secondary N) is 1. The first-order valence-electron chi connectivity index (χ1n) is 10.2. The second kappa shape index (κ2) is 10.5. The van der Waals surface area contributed by atoms with Gasteiger partial charge in [0.05, 0.1) is 18.6 Å². The lowest BCUT2D eigenvalue weighted by Crippen LogP contribution is -2.47. The number of rotatable bonds is 9. The number of carbonyl (C=O) groups excluding carboxylic acids is 1. The molecule has 0 saturated carbocycles. The third kappa shape index (κ3) is 6.11. The predicted octanol–water partition coefficient (Wildman–Crippen LogP) is 2.44. The van der Waals surface area contributed by atoms with Crippen LogP contribution < -0.4 is 19.5 Å². The number of carbonyl (C=O) groups is 1. The molecule has 1 aliphatic heterocycles. The van der Waals surface area contributed by atoms with E-state index >= 15 is 0 Å². The summed E-state index contributed by atoms with van der Waals surface area (Å²) in [5.41, 5.74) is 0. The van der Waals surface area contributed by atoms with Crippen molar-refractivity contribution in [3.63, 3.8) is 0 Å². The van der Waals surface area contributed by atoms with Crippen molar-refractivity contribution >= 4 is 15.9 Å². The Morgan fingerprint density at radius 1 is 0.968 bits per heavy atom. The van der Waals surface area contributed by atoms with Crippen molar-refractivity contribution in [3.8, 4) is 17.2 Å². The van der Waals surface area contributed by atoms with Gasteiger partial charge in [0.2, 0.25) is 10.0 Å². The van der Waals surface area contributed by atoms with Crippen molar-refractivity contribution in [2.75, 3.05) is 33.4 Å². The summed E-state index contributed by atoms with van der Waals surface area (Å²) in [5, 5.41) is 2.92. The van der Waals surface area contributed by atoms with Gasteiger partial charge in [-0.25, -0.2) is 8.42 Å². The number of benzene rings is 2. The monoisotopic (exact) mass is 448 g/mol. The number of hydrogen-bond donors (Lipinski definition) is 1. The van der Waals surface area contributed by atoms with Crippen molar-refractivity contribution in [3.05, 3.63) is 48.5 Å². The van der Waals surface area contributed by atoms with Gasteiger partial charge in [-0.2, -0.15) is 4.31 Å². The smallest absolute Gasteiger partial charge is 0.258 e. The summed E-state index contributed by atoms with van der Waals surface area (Å²) >= 11 is 0. The van der Waals surface area contributed by atoms with Crippen molar-refractivity contribution in [1.82, 2.24) is 9.62 Å². The van der Waals surface area contributed by atoms with Crippen LogP contribution in [0.4, 0.5) is 0 Å². The van der Waals surface area contributed by atoms with E-state index in [9.17, 15) is 13.2 Å². The zero-order valence-electron chi connectivity index (χ0n) is 17.7. The van der Waals surface area contributed by atoms with Crippen LogP contribution in [-0.2, 0) is 14.8 Å². The highest BCUT2D eigenvalue weighted by Gasteiger charge is 2.30. The van der Waals surface area contributed by atoms with Crippen LogP contribution in [0.15, 0.2) is 53.4 Å². The lowest BCUT2D eigenvalue weighted by molar-refractivity contribution is -0.124. The van der Waals surface area contributed by atoms with E-state index in [1.165, 1.54) is 11.4 Å². The lowest BCUT2D eigenvalue weighted by Gasteiger charge is -2.31. The third-order valence-electron chi connectivity index (χ3n) is 5.02. The van der Waals surface area contributed by atoms with Crippen molar-refractivity contribution in [2.45, 2.75) is 30.7 Å². The molecular formula is C22H28N2O6S. The molecule has 2 aromatic rings. The van der Waals surface area contributed by atoms with E-state index in [0.29, 0.717) is 44.0 Å². The van der Waals surface area contributed by atoms with Crippen molar-refractivity contribution in [1.29, 1.82) is 0 Å². The second-order valence-corrected chi connectivity index (χ2v) is 9.05. The Bertz CT molecular complexity index is 953. The number of nitrogens with zero attached hydrogens (tertiary/aromatic N) is 1. The van der Waals surface area contributed by atoms with E-state index in [1.54, 1.807) is 48.5 Å². The topological polar surface area (TPSA) is 94.2 Å². The van der Waals surface area contributed by atoms with Gasteiger partial charge in [-0.1, -0.05) is 0 Å². The number of methoxy groups -OCH3 is 1. The van der Waals surface area contributed by atoms with E-state index in [2.05, 4.69) is 5.32 Å². The summed E-state index contributed by atoms with van der Waals surface area (Å²) in [5.74, 6) is 1.70. The van der Waals surface area contributed by atoms with E-state index in [0.717, 1.165) is 5.75 Å². The fourth-order valence-corrected chi connectivity index (χ4v) is 4.82. The van der Waals surface area contributed by atoms with E-state index < -0.39 is 10.0 Å². The Labute approximate surface area is 183 Å². The van der Waals surface area contributed by atoms with Gasteiger partial charge in [0.15, 0.2) is 6.61 Å². The van der Waals surface area contributed by atoms with Gasteiger partial charge in [0, 0.05) is 19.1 Å². The fourth-order valence-electron chi connectivity index (χ4n) is 3.35. The van der Waals surface area contributed by atoms with Gasteiger partial charge in [0.1, 0.15) is 17.2 Å². The van der Waals surface area contributed by atoms with Gasteiger partial charge >= 0.3 is 0 Å². The summed E-state index contributed by atoms with van der Waals surface area (Å²) in [6.07, 6.45) is 1.09. The molecule has 1 N–H and O–H groups in total. The van der Waals surface area contributed by atoms with Crippen molar-refractivity contribution < 1.29 is 27.4 Å². The lowest BCUT2D eigenvalue weighted by atomic mass is 10.1. The summed E-state index contributed by atoms with van der Waals surface area (Å²) in [7, 11) is -2.03. The normalized spacial score (nSPS) is 15.3. The molecule has 31 heavy (non-hydrogen) atoms. The Hall–Kier alpha value is -2.78. The molecule has 168 valence electrons. The number of piperidine rings is 1. The Morgan fingerprint density at radius 3 is 2.06 bits per heavy atom.